The molecule has 0 spiro atoms. The maximum Gasteiger partial charge on any atom is 0.258 e. The lowest BCUT2D eigenvalue weighted by molar-refractivity contribution is -0.126. The van der Waals surface area contributed by atoms with E-state index in [0.717, 1.165) is 6.42 Å². The largest absolute Gasteiger partial charge is 0.493 e. The Balaban J connectivity index is 0.000000733. The van der Waals surface area contributed by atoms with Crippen LogP contribution in [0.2, 0.25) is 5.02 Å². The SMILES string of the molecule is FCF.NC=O.O=C(COc1ccc(CF)nc1)NC12CCC(COc3ccc(Cl)c(F)c3)(CC1O)C2. The Bertz CT molecular complexity index is 1040. The first kappa shape index (κ1) is 30.1. The number of fused-ring (bicyclic) bond motifs is 2. The van der Waals surface area contributed by atoms with Gasteiger partial charge in [-0.25, -0.2) is 17.6 Å². The number of hydrogen-bond donors (Lipinski definition) is 3. The molecule has 2 aliphatic carbocycles. The number of aromatic nitrogens is 1. The van der Waals surface area contributed by atoms with E-state index >= 15 is 0 Å². The molecule has 2 fully saturated rings. The van der Waals surface area contributed by atoms with Gasteiger partial charge in [0, 0.05) is 11.5 Å². The number of aliphatic hydroxyl groups is 1. The zero-order valence-corrected chi connectivity index (χ0v) is 20.5. The fraction of sp³-hybridized carbons (Fsp3) is 0.458. The molecule has 2 bridgehead atoms. The summed E-state index contributed by atoms with van der Waals surface area (Å²) in [6.45, 7) is -2.34. The number of benzene rings is 1. The topological polar surface area (TPSA) is 124 Å². The van der Waals surface area contributed by atoms with Gasteiger partial charge in [-0.3, -0.25) is 14.6 Å². The molecule has 3 unspecified atom stereocenters. The summed E-state index contributed by atoms with van der Waals surface area (Å²) in [5.74, 6) is -0.168. The van der Waals surface area contributed by atoms with Crippen LogP contribution in [0.25, 0.3) is 0 Å². The molecule has 8 nitrogen and oxygen atoms in total. The molecule has 2 saturated carbocycles. The predicted octanol–water partition coefficient (Wildman–Crippen LogP) is 3.58. The molecule has 2 aromatic rings. The van der Waals surface area contributed by atoms with E-state index in [-0.39, 0.29) is 35.1 Å². The van der Waals surface area contributed by atoms with Crippen molar-refractivity contribution in [3.05, 3.63) is 53.1 Å². The summed E-state index contributed by atoms with van der Waals surface area (Å²) >= 11 is 5.70. The van der Waals surface area contributed by atoms with Crippen LogP contribution in [0.3, 0.4) is 0 Å². The fourth-order valence-corrected chi connectivity index (χ4v) is 4.73. The third-order valence-electron chi connectivity index (χ3n) is 6.19. The molecule has 4 N–H and O–H groups in total. The number of pyridine rings is 1. The number of primary amides is 1. The van der Waals surface area contributed by atoms with Gasteiger partial charge in [0.15, 0.2) is 6.61 Å². The number of nitrogens with zero attached hydrogens (tertiary/aromatic N) is 1. The van der Waals surface area contributed by atoms with Crippen LogP contribution in [0.1, 0.15) is 31.4 Å². The first-order valence-corrected chi connectivity index (χ1v) is 11.5. The number of nitrogens with two attached hydrogens (primary N) is 1. The van der Waals surface area contributed by atoms with E-state index in [1.807, 2.05) is 0 Å². The summed E-state index contributed by atoms with van der Waals surface area (Å²) in [5, 5.41) is 13.6. The zero-order chi connectivity index (χ0) is 27.5. The van der Waals surface area contributed by atoms with Crippen molar-refractivity contribution in [2.24, 2.45) is 11.1 Å². The molecule has 13 heteroatoms. The van der Waals surface area contributed by atoms with E-state index < -0.39 is 31.1 Å². The summed E-state index contributed by atoms with van der Waals surface area (Å²) in [6, 6.07) is 7.32. The van der Waals surface area contributed by atoms with Gasteiger partial charge in [-0.15, -0.1) is 0 Å². The monoisotopic (exact) mass is 549 g/mol. The lowest BCUT2D eigenvalue weighted by Gasteiger charge is -2.33. The summed E-state index contributed by atoms with van der Waals surface area (Å²) in [4.78, 5) is 24.9. The molecule has 1 aromatic heterocycles. The Morgan fingerprint density at radius 1 is 1.22 bits per heavy atom. The van der Waals surface area contributed by atoms with E-state index in [4.69, 9.17) is 25.9 Å². The van der Waals surface area contributed by atoms with Crippen molar-refractivity contribution in [1.82, 2.24) is 10.3 Å². The highest BCUT2D eigenvalue weighted by Crippen LogP contribution is 2.56. The Morgan fingerprint density at radius 2 is 1.89 bits per heavy atom. The summed E-state index contributed by atoms with van der Waals surface area (Å²) in [5.41, 5.74) is 3.43. The molecule has 1 heterocycles. The van der Waals surface area contributed by atoms with Gasteiger partial charge in [0.05, 0.1) is 35.2 Å². The number of carbonyl (C=O) groups is 2. The fourth-order valence-electron chi connectivity index (χ4n) is 4.61. The van der Waals surface area contributed by atoms with Crippen LogP contribution in [-0.4, -0.2) is 54.2 Å². The third kappa shape index (κ3) is 8.19. The van der Waals surface area contributed by atoms with Gasteiger partial charge in [-0.2, -0.15) is 0 Å². The predicted molar refractivity (Wildman–Crippen MR) is 127 cm³/mol. The van der Waals surface area contributed by atoms with E-state index in [1.54, 1.807) is 12.1 Å². The molecule has 3 atom stereocenters. The molecule has 4 rings (SSSR count). The van der Waals surface area contributed by atoms with Gasteiger partial charge >= 0.3 is 0 Å². The van der Waals surface area contributed by atoms with Crippen molar-refractivity contribution < 1.29 is 41.7 Å². The van der Waals surface area contributed by atoms with Crippen molar-refractivity contribution >= 4 is 23.9 Å². The zero-order valence-electron chi connectivity index (χ0n) is 19.8. The maximum absolute atomic E-state index is 13.6. The van der Waals surface area contributed by atoms with E-state index in [9.17, 15) is 27.5 Å². The van der Waals surface area contributed by atoms with Crippen molar-refractivity contribution in [2.45, 2.75) is 44.0 Å². The minimum Gasteiger partial charge on any atom is -0.493 e. The van der Waals surface area contributed by atoms with Crippen LogP contribution in [0, 0.1) is 11.2 Å². The molecule has 37 heavy (non-hydrogen) atoms. The number of ether oxygens (including phenoxy) is 2. The summed E-state index contributed by atoms with van der Waals surface area (Å²) < 4.78 is 56.6. The van der Waals surface area contributed by atoms with Crippen LogP contribution in [0.4, 0.5) is 17.6 Å². The molecule has 204 valence electrons. The molecule has 2 aliphatic rings. The second-order valence-electron chi connectivity index (χ2n) is 8.61. The van der Waals surface area contributed by atoms with Crippen molar-refractivity contribution in [3.63, 3.8) is 0 Å². The number of carbonyl (C=O) groups excluding carboxylic acids is 2. The van der Waals surface area contributed by atoms with Crippen LogP contribution >= 0.6 is 11.6 Å². The number of hydrogen-bond acceptors (Lipinski definition) is 6. The number of aliphatic hydroxyl groups excluding tert-OH is 1. The van der Waals surface area contributed by atoms with E-state index in [2.05, 4.69) is 16.0 Å². The summed E-state index contributed by atoms with van der Waals surface area (Å²) in [7, 11) is 0. The number of alkyl halides is 3. The van der Waals surface area contributed by atoms with Crippen molar-refractivity contribution in [2.75, 3.05) is 20.1 Å². The lowest BCUT2D eigenvalue weighted by atomic mass is 9.83. The highest BCUT2D eigenvalue weighted by molar-refractivity contribution is 6.30. The van der Waals surface area contributed by atoms with Crippen LogP contribution < -0.4 is 20.5 Å². The Kier molecular flexibility index (Phi) is 11.4. The second-order valence-corrected chi connectivity index (χ2v) is 9.02. The van der Waals surface area contributed by atoms with Crippen LogP contribution in [-0.2, 0) is 16.3 Å². The maximum atomic E-state index is 13.6. The first-order valence-electron chi connectivity index (χ1n) is 11.1. The van der Waals surface area contributed by atoms with Crippen LogP contribution in [0.5, 0.6) is 11.5 Å². The van der Waals surface area contributed by atoms with Gasteiger partial charge in [-0.05, 0) is 49.9 Å². The highest BCUT2D eigenvalue weighted by atomic mass is 35.5. The van der Waals surface area contributed by atoms with E-state index in [1.165, 1.54) is 24.4 Å². The van der Waals surface area contributed by atoms with Gasteiger partial charge in [0.1, 0.15) is 24.0 Å². The smallest absolute Gasteiger partial charge is 0.258 e. The van der Waals surface area contributed by atoms with E-state index in [0.29, 0.717) is 37.4 Å². The Morgan fingerprint density at radius 3 is 2.46 bits per heavy atom. The Labute approximate surface area is 216 Å². The number of nitrogens with one attached hydrogen (secondary N) is 1. The molecule has 2 amide bonds. The van der Waals surface area contributed by atoms with Crippen molar-refractivity contribution in [1.29, 1.82) is 0 Å². The molecule has 1 aromatic carbocycles. The van der Waals surface area contributed by atoms with Gasteiger partial charge < -0.3 is 25.6 Å². The van der Waals surface area contributed by atoms with Gasteiger partial charge in [0.2, 0.25) is 13.3 Å². The van der Waals surface area contributed by atoms with Crippen molar-refractivity contribution in [3.8, 4) is 11.5 Å². The highest BCUT2D eigenvalue weighted by Gasteiger charge is 2.60. The molecule has 0 aliphatic heterocycles. The Hall–Kier alpha value is -3.12. The molecule has 0 radical (unpaired) electrons. The van der Waals surface area contributed by atoms with Crippen LogP contribution in [0.15, 0.2) is 36.5 Å². The summed E-state index contributed by atoms with van der Waals surface area (Å²) in [6.07, 6.45) is 3.35. The number of halogens is 5. The average Bonchev–Trinajstić information content (AvgIpc) is 3.37. The average molecular weight is 550 g/mol. The molecular formula is C24H28ClF4N3O5. The number of amides is 2. The van der Waals surface area contributed by atoms with Gasteiger partial charge in [0.25, 0.3) is 5.91 Å². The quantitative estimate of drug-likeness (QED) is 0.342. The molecule has 0 saturated heterocycles. The standard InChI is InChI=1S/C22H23ClF2N2O4.CH2F2.CH3NO/c23-17-4-3-15(7-18(17)25)31-13-21-5-6-22(12-21,19(28)8-21)27-20(29)11-30-16-2-1-14(9-24)26-10-16;2*2-1-3/h1-4,7,10,19,28H,5-6,8-9,11-13H2,(H,27,29);1H2;1H,(H2,2,3). The molecular weight excluding hydrogens is 522 g/mol. The minimum atomic E-state index is -1.75. The normalized spacial score (nSPS) is 23.1. The first-order chi connectivity index (χ1) is 17.7. The number of rotatable bonds is 8. The third-order valence-corrected chi connectivity index (χ3v) is 6.49. The lowest BCUT2D eigenvalue weighted by Crippen LogP contribution is -2.54. The van der Waals surface area contributed by atoms with Gasteiger partial charge in [-0.1, -0.05) is 11.6 Å². The minimum absolute atomic E-state index is 0.0285. The second kappa shape index (κ2) is 14.0.